The first-order valence-electron chi connectivity index (χ1n) is 5.98. The van der Waals surface area contributed by atoms with Gasteiger partial charge in [-0.3, -0.25) is 10.1 Å². The lowest BCUT2D eigenvalue weighted by Crippen LogP contribution is -2.17. The molecule has 0 heterocycles. The molecular weight excluding hydrogens is 378 g/mol. The van der Waals surface area contributed by atoms with Crippen LogP contribution in [-0.2, 0) is 4.79 Å². The molecule has 2 aromatic carbocycles. The first-order chi connectivity index (χ1) is 10.5. The number of esters is 1. The highest BCUT2D eigenvalue weighted by Crippen LogP contribution is 2.28. The molecule has 0 unspecified atom stereocenters. The van der Waals surface area contributed by atoms with Crippen molar-refractivity contribution >= 4 is 39.2 Å². The summed E-state index contributed by atoms with van der Waals surface area (Å²) in [6, 6.07) is 10.1. The van der Waals surface area contributed by atoms with Crippen molar-refractivity contribution in [2.75, 3.05) is 6.61 Å². The molecule has 0 saturated heterocycles. The van der Waals surface area contributed by atoms with Gasteiger partial charge in [0.15, 0.2) is 6.61 Å². The monoisotopic (exact) mass is 385 g/mol. The van der Waals surface area contributed by atoms with E-state index in [1.165, 1.54) is 24.3 Å². The zero-order valence-corrected chi connectivity index (χ0v) is 13.3. The number of nitro benzene ring substituents is 1. The molecule has 0 atom stereocenters. The Bertz CT molecular complexity index is 705. The summed E-state index contributed by atoms with van der Waals surface area (Å²) in [5, 5.41) is 11.0. The molecule has 0 bridgehead atoms. The number of carbonyl (C=O) groups excluding carboxylic acids is 1. The van der Waals surface area contributed by atoms with Crippen LogP contribution in [0.1, 0.15) is 0 Å². The van der Waals surface area contributed by atoms with Gasteiger partial charge in [-0.25, -0.2) is 4.79 Å². The Balaban J connectivity index is 1.91. The van der Waals surface area contributed by atoms with Crippen LogP contribution >= 0.6 is 27.5 Å². The van der Waals surface area contributed by atoms with Gasteiger partial charge in [0.1, 0.15) is 11.5 Å². The quantitative estimate of drug-likeness (QED) is 0.336. The smallest absolute Gasteiger partial charge is 0.349 e. The molecule has 0 aliphatic rings. The number of hydrogen-bond donors (Lipinski definition) is 0. The minimum Gasteiger partial charge on any atom is -0.481 e. The van der Waals surface area contributed by atoms with Gasteiger partial charge in [-0.05, 0) is 46.3 Å². The molecule has 8 heteroatoms. The number of nitrogens with zero attached hydrogens (tertiary/aromatic N) is 1. The molecule has 0 spiro atoms. The first kappa shape index (κ1) is 16.3. The van der Waals surface area contributed by atoms with Gasteiger partial charge in [0, 0.05) is 17.2 Å². The summed E-state index contributed by atoms with van der Waals surface area (Å²) in [7, 11) is 0. The molecule has 0 aliphatic heterocycles. The third-order valence-electron chi connectivity index (χ3n) is 2.52. The second-order valence-corrected chi connectivity index (χ2v) is 5.38. The molecule has 0 radical (unpaired) electrons. The standard InChI is InChI=1S/C14H9BrClNO5/c15-12-7-9(16)1-6-13(12)21-8-14(18)22-11-4-2-10(3-5-11)17(19)20/h1-7H,8H2. The third-order valence-corrected chi connectivity index (χ3v) is 3.37. The van der Waals surface area contributed by atoms with Crippen LogP contribution in [-0.4, -0.2) is 17.5 Å². The molecule has 2 aromatic rings. The maximum absolute atomic E-state index is 11.7. The van der Waals surface area contributed by atoms with Gasteiger partial charge in [0.25, 0.3) is 5.69 Å². The third kappa shape index (κ3) is 4.44. The summed E-state index contributed by atoms with van der Waals surface area (Å²) < 4.78 is 10.9. The van der Waals surface area contributed by atoms with Gasteiger partial charge >= 0.3 is 5.97 Å². The Morgan fingerprint density at radius 2 is 1.91 bits per heavy atom. The molecule has 0 aliphatic carbocycles. The Labute approximate surface area is 138 Å². The summed E-state index contributed by atoms with van der Waals surface area (Å²) in [6.45, 7) is -0.308. The molecule has 0 aromatic heterocycles. The normalized spacial score (nSPS) is 10.1. The number of carbonyl (C=O) groups is 1. The van der Waals surface area contributed by atoms with E-state index in [0.29, 0.717) is 15.2 Å². The highest BCUT2D eigenvalue weighted by molar-refractivity contribution is 9.10. The van der Waals surface area contributed by atoms with Crippen LogP contribution in [0, 0.1) is 10.1 Å². The van der Waals surface area contributed by atoms with E-state index in [2.05, 4.69) is 15.9 Å². The highest BCUT2D eigenvalue weighted by atomic mass is 79.9. The van der Waals surface area contributed by atoms with Crippen molar-refractivity contribution in [1.82, 2.24) is 0 Å². The van der Waals surface area contributed by atoms with Gasteiger partial charge < -0.3 is 9.47 Å². The second kappa shape index (κ2) is 7.24. The first-order valence-corrected chi connectivity index (χ1v) is 7.16. The van der Waals surface area contributed by atoms with Gasteiger partial charge in [-0.15, -0.1) is 0 Å². The Kier molecular flexibility index (Phi) is 5.35. The summed E-state index contributed by atoms with van der Waals surface area (Å²) in [5.41, 5.74) is -0.0823. The van der Waals surface area contributed by atoms with E-state index in [0.717, 1.165) is 0 Å². The van der Waals surface area contributed by atoms with E-state index in [-0.39, 0.29) is 18.0 Å². The van der Waals surface area contributed by atoms with Crippen LogP contribution in [0.4, 0.5) is 5.69 Å². The lowest BCUT2D eigenvalue weighted by atomic mass is 10.3. The Morgan fingerprint density at radius 1 is 1.23 bits per heavy atom. The zero-order valence-electron chi connectivity index (χ0n) is 11.0. The minimum absolute atomic E-state index is 0.0823. The van der Waals surface area contributed by atoms with Crippen LogP contribution in [0.25, 0.3) is 0 Å². The lowest BCUT2D eigenvalue weighted by molar-refractivity contribution is -0.384. The van der Waals surface area contributed by atoms with Crippen LogP contribution < -0.4 is 9.47 Å². The molecular formula is C14H9BrClNO5. The molecule has 0 amide bonds. The van der Waals surface area contributed by atoms with Crippen LogP contribution in [0.5, 0.6) is 11.5 Å². The van der Waals surface area contributed by atoms with Gasteiger partial charge in [0.2, 0.25) is 0 Å². The van der Waals surface area contributed by atoms with Gasteiger partial charge in [0.05, 0.1) is 9.40 Å². The minimum atomic E-state index is -0.629. The van der Waals surface area contributed by atoms with Crippen molar-refractivity contribution in [3.63, 3.8) is 0 Å². The molecule has 0 fully saturated rings. The topological polar surface area (TPSA) is 78.7 Å². The fourth-order valence-electron chi connectivity index (χ4n) is 1.53. The van der Waals surface area contributed by atoms with E-state index in [9.17, 15) is 14.9 Å². The number of rotatable bonds is 5. The fourth-order valence-corrected chi connectivity index (χ4v) is 2.32. The molecule has 2 rings (SSSR count). The average Bonchev–Trinajstić information content (AvgIpc) is 2.47. The predicted octanol–water partition coefficient (Wildman–Crippen LogP) is 4.00. The number of hydrogen-bond acceptors (Lipinski definition) is 5. The van der Waals surface area contributed by atoms with Crippen LogP contribution in [0.2, 0.25) is 5.02 Å². The Hall–Kier alpha value is -2.12. The predicted molar refractivity (Wildman–Crippen MR) is 83.4 cm³/mol. The van der Waals surface area contributed by atoms with Crippen molar-refractivity contribution in [3.05, 3.63) is 62.1 Å². The van der Waals surface area contributed by atoms with Gasteiger partial charge in [-0.2, -0.15) is 0 Å². The van der Waals surface area contributed by atoms with E-state index < -0.39 is 10.9 Å². The average molecular weight is 387 g/mol. The number of ether oxygens (including phenoxy) is 2. The number of nitro groups is 1. The second-order valence-electron chi connectivity index (χ2n) is 4.09. The van der Waals surface area contributed by atoms with Crippen molar-refractivity contribution in [2.24, 2.45) is 0 Å². The number of benzene rings is 2. The molecule has 114 valence electrons. The molecule has 22 heavy (non-hydrogen) atoms. The van der Waals surface area contributed by atoms with Crippen molar-refractivity contribution in [1.29, 1.82) is 0 Å². The highest BCUT2D eigenvalue weighted by Gasteiger charge is 2.10. The maximum Gasteiger partial charge on any atom is 0.349 e. The molecule has 6 nitrogen and oxygen atoms in total. The van der Waals surface area contributed by atoms with E-state index in [1.807, 2.05) is 0 Å². The summed E-state index contributed by atoms with van der Waals surface area (Å²) >= 11 is 9.06. The van der Waals surface area contributed by atoms with Crippen LogP contribution in [0.3, 0.4) is 0 Å². The molecule has 0 N–H and O–H groups in total. The summed E-state index contributed by atoms with van der Waals surface area (Å²) in [4.78, 5) is 21.6. The summed E-state index contributed by atoms with van der Waals surface area (Å²) in [6.07, 6.45) is 0. The fraction of sp³-hybridized carbons (Fsp3) is 0.0714. The van der Waals surface area contributed by atoms with Gasteiger partial charge in [-0.1, -0.05) is 11.6 Å². The molecule has 0 saturated carbocycles. The SMILES string of the molecule is O=C(COc1ccc(Cl)cc1Br)Oc1ccc([N+](=O)[O-])cc1. The van der Waals surface area contributed by atoms with E-state index in [1.54, 1.807) is 18.2 Å². The van der Waals surface area contributed by atoms with Crippen molar-refractivity contribution in [2.45, 2.75) is 0 Å². The Morgan fingerprint density at radius 3 is 2.50 bits per heavy atom. The largest absolute Gasteiger partial charge is 0.481 e. The lowest BCUT2D eigenvalue weighted by Gasteiger charge is -2.08. The number of non-ortho nitro benzene ring substituents is 1. The van der Waals surface area contributed by atoms with E-state index in [4.69, 9.17) is 21.1 Å². The van der Waals surface area contributed by atoms with Crippen LogP contribution in [0.15, 0.2) is 46.9 Å². The van der Waals surface area contributed by atoms with Crippen molar-refractivity contribution in [3.8, 4) is 11.5 Å². The van der Waals surface area contributed by atoms with Crippen molar-refractivity contribution < 1.29 is 19.2 Å². The number of halogens is 2. The maximum atomic E-state index is 11.7. The van der Waals surface area contributed by atoms with E-state index >= 15 is 0 Å². The zero-order chi connectivity index (χ0) is 16.1. The summed E-state index contributed by atoms with van der Waals surface area (Å²) in [5.74, 6) is 0.0233.